The van der Waals surface area contributed by atoms with Crippen LogP contribution in [0.4, 0.5) is 10.1 Å². The van der Waals surface area contributed by atoms with E-state index in [1.807, 2.05) is 13.0 Å². The Morgan fingerprint density at radius 1 is 1.50 bits per heavy atom. The lowest BCUT2D eigenvalue weighted by atomic mass is 10.1. The van der Waals surface area contributed by atoms with Crippen LogP contribution in [0.25, 0.3) is 0 Å². The van der Waals surface area contributed by atoms with E-state index in [-0.39, 0.29) is 24.6 Å². The number of hydrogen-bond donors (Lipinski definition) is 2. The largest absolute Gasteiger partial charge is 0.394 e. The summed E-state index contributed by atoms with van der Waals surface area (Å²) in [4.78, 5) is 2.13. The van der Waals surface area contributed by atoms with Gasteiger partial charge in [0.1, 0.15) is 5.82 Å². The van der Waals surface area contributed by atoms with Crippen LogP contribution in [0.3, 0.4) is 0 Å². The molecule has 1 aliphatic rings. The van der Waals surface area contributed by atoms with Crippen LogP contribution in [-0.4, -0.2) is 43.6 Å². The molecule has 0 radical (unpaired) electrons. The molecule has 1 fully saturated rings. The maximum Gasteiger partial charge on any atom is 0.129 e. The van der Waals surface area contributed by atoms with Gasteiger partial charge in [0.15, 0.2) is 0 Å². The monoisotopic (exact) mass is 282 g/mol. The summed E-state index contributed by atoms with van der Waals surface area (Å²) in [5.41, 5.74) is 1.57. The van der Waals surface area contributed by atoms with Gasteiger partial charge >= 0.3 is 0 Å². The molecule has 0 amide bonds. The van der Waals surface area contributed by atoms with Gasteiger partial charge in [-0.15, -0.1) is 0 Å². The lowest BCUT2D eigenvalue weighted by Gasteiger charge is -2.40. The molecule has 2 rings (SSSR count). The molecule has 1 heterocycles. The second kappa shape index (κ2) is 7.02. The highest BCUT2D eigenvalue weighted by molar-refractivity contribution is 5.55. The molecule has 0 spiro atoms. The van der Waals surface area contributed by atoms with Gasteiger partial charge < -0.3 is 20.1 Å². The molecule has 1 aliphatic heterocycles. The zero-order chi connectivity index (χ0) is 14.5. The number of morpholine rings is 1. The minimum Gasteiger partial charge on any atom is -0.394 e. The molecule has 0 aromatic heterocycles. The maximum atomic E-state index is 14.1. The Hall–Kier alpha value is -1.17. The molecule has 2 atom stereocenters. The van der Waals surface area contributed by atoms with E-state index >= 15 is 0 Å². The summed E-state index contributed by atoms with van der Waals surface area (Å²) in [6.45, 7) is 6.47. The first-order chi connectivity index (χ1) is 9.67. The average Bonchev–Trinajstić information content (AvgIpc) is 2.46. The van der Waals surface area contributed by atoms with Crippen molar-refractivity contribution in [3.63, 3.8) is 0 Å². The Labute approximate surface area is 119 Å². The topological polar surface area (TPSA) is 44.7 Å². The van der Waals surface area contributed by atoms with Crippen LogP contribution in [0.2, 0.25) is 0 Å². The van der Waals surface area contributed by atoms with Crippen LogP contribution in [0.5, 0.6) is 0 Å². The first-order valence-electron chi connectivity index (χ1n) is 7.14. The summed E-state index contributed by atoms with van der Waals surface area (Å²) in [6, 6.07) is 5.33. The van der Waals surface area contributed by atoms with Crippen molar-refractivity contribution in [3.05, 3.63) is 29.6 Å². The molecular formula is C15H23FN2O2. The number of aliphatic hydroxyl groups is 1. The zero-order valence-corrected chi connectivity index (χ0v) is 12.1. The first kappa shape index (κ1) is 15.2. The molecule has 4 nitrogen and oxygen atoms in total. The van der Waals surface area contributed by atoms with Gasteiger partial charge in [-0.1, -0.05) is 13.0 Å². The Morgan fingerprint density at radius 3 is 3.00 bits per heavy atom. The molecule has 20 heavy (non-hydrogen) atoms. The summed E-state index contributed by atoms with van der Waals surface area (Å²) < 4.78 is 19.6. The number of aliphatic hydroxyl groups excluding tert-OH is 1. The van der Waals surface area contributed by atoms with Crippen molar-refractivity contribution in [2.24, 2.45) is 0 Å². The third-order valence-electron chi connectivity index (χ3n) is 3.66. The minimum atomic E-state index is -0.207. The van der Waals surface area contributed by atoms with E-state index in [0.29, 0.717) is 25.3 Å². The summed E-state index contributed by atoms with van der Waals surface area (Å²) in [6.07, 6.45) is -0.207. The SMILES string of the molecule is CCNCc1c(F)cccc1N1CC(CO)OCC1C. The van der Waals surface area contributed by atoms with Crippen molar-refractivity contribution in [1.29, 1.82) is 0 Å². The van der Waals surface area contributed by atoms with Crippen LogP contribution in [0.15, 0.2) is 18.2 Å². The van der Waals surface area contributed by atoms with Gasteiger partial charge in [-0.3, -0.25) is 0 Å². The molecular weight excluding hydrogens is 259 g/mol. The van der Waals surface area contributed by atoms with E-state index in [4.69, 9.17) is 4.74 Å². The van der Waals surface area contributed by atoms with Crippen molar-refractivity contribution < 1.29 is 14.2 Å². The Balaban J connectivity index is 2.27. The number of ether oxygens (including phenoxy) is 1. The number of rotatable bonds is 5. The number of anilines is 1. The first-order valence-corrected chi connectivity index (χ1v) is 7.14. The van der Waals surface area contributed by atoms with Crippen LogP contribution in [-0.2, 0) is 11.3 Å². The Kier molecular flexibility index (Phi) is 5.34. The van der Waals surface area contributed by atoms with Gasteiger partial charge in [-0.25, -0.2) is 4.39 Å². The second-order valence-electron chi connectivity index (χ2n) is 5.16. The standard InChI is InChI=1S/C15H23FN2O2/c1-3-17-7-13-14(16)5-4-6-15(13)18-8-12(9-19)20-10-11(18)2/h4-6,11-12,17,19H,3,7-10H2,1-2H3. The van der Waals surface area contributed by atoms with Gasteiger partial charge in [0, 0.05) is 30.4 Å². The highest BCUT2D eigenvalue weighted by Gasteiger charge is 2.27. The quantitative estimate of drug-likeness (QED) is 0.859. The number of hydrogen-bond acceptors (Lipinski definition) is 4. The third kappa shape index (κ3) is 3.29. The summed E-state index contributed by atoms with van der Waals surface area (Å²) in [7, 11) is 0. The second-order valence-corrected chi connectivity index (χ2v) is 5.16. The molecule has 1 aromatic rings. The molecule has 1 saturated heterocycles. The molecule has 0 saturated carbocycles. The van der Waals surface area contributed by atoms with E-state index < -0.39 is 0 Å². The van der Waals surface area contributed by atoms with E-state index in [9.17, 15) is 9.50 Å². The maximum absolute atomic E-state index is 14.1. The van der Waals surface area contributed by atoms with Crippen molar-refractivity contribution in [1.82, 2.24) is 5.32 Å². The highest BCUT2D eigenvalue weighted by atomic mass is 19.1. The molecule has 1 aromatic carbocycles. The van der Waals surface area contributed by atoms with E-state index in [1.165, 1.54) is 6.07 Å². The number of halogens is 1. The van der Waals surface area contributed by atoms with Crippen LogP contribution in [0.1, 0.15) is 19.4 Å². The summed E-state index contributed by atoms with van der Waals surface area (Å²) >= 11 is 0. The van der Waals surface area contributed by atoms with Gasteiger partial charge in [-0.05, 0) is 25.6 Å². The minimum absolute atomic E-state index is 0.0128. The Bertz CT molecular complexity index is 442. The Morgan fingerprint density at radius 2 is 2.30 bits per heavy atom. The van der Waals surface area contributed by atoms with Crippen LogP contribution in [0, 0.1) is 5.82 Å². The highest BCUT2D eigenvalue weighted by Crippen LogP contribution is 2.27. The molecule has 0 aliphatic carbocycles. The number of nitrogens with zero attached hydrogens (tertiary/aromatic N) is 1. The zero-order valence-electron chi connectivity index (χ0n) is 12.1. The summed E-state index contributed by atoms with van der Waals surface area (Å²) in [5, 5.41) is 12.4. The molecule has 2 unspecified atom stereocenters. The van der Waals surface area contributed by atoms with Gasteiger partial charge in [0.05, 0.1) is 19.3 Å². The lowest BCUT2D eigenvalue weighted by Crippen LogP contribution is -2.50. The van der Waals surface area contributed by atoms with Gasteiger partial charge in [-0.2, -0.15) is 0 Å². The predicted octanol–water partition coefficient (Wildman–Crippen LogP) is 1.52. The van der Waals surface area contributed by atoms with E-state index in [1.54, 1.807) is 6.07 Å². The van der Waals surface area contributed by atoms with E-state index in [0.717, 1.165) is 12.2 Å². The average molecular weight is 282 g/mol. The normalized spacial score (nSPS) is 23.1. The number of nitrogens with one attached hydrogen (secondary N) is 1. The number of benzene rings is 1. The van der Waals surface area contributed by atoms with Gasteiger partial charge in [0.25, 0.3) is 0 Å². The van der Waals surface area contributed by atoms with Crippen LogP contribution < -0.4 is 10.2 Å². The van der Waals surface area contributed by atoms with Crippen molar-refractivity contribution in [2.75, 3.05) is 31.2 Å². The fourth-order valence-electron chi connectivity index (χ4n) is 2.50. The molecule has 0 bridgehead atoms. The predicted molar refractivity (Wildman–Crippen MR) is 77.4 cm³/mol. The third-order valence-corrected chi connectivity index (χ3v) is 3.66. The molecule has 5 heteroatoms. The van der Waals surface area contributed by atoms with Crippen LogP contribution >= 0.6 is 0 Å². The van der Waals surface area contributed by atoms with Crippen molar-refractivity contribution >= 4 is 5.69 Å². The van der Waals surface area contributed by atoms with Crippen molar-refractivity contribution in [2.45, 2.75) is 32.5 Å². The summed E-state index contributed by atoms with van der Waals surface area (Å²) in [5.74, 6) is -0.192. The fourth-order valence-corrected chi connectivity index (χ4v) is 2.50. The van der Waals surface area contributed by atoms with E-state index in [2.05, 4.69) is 17.1 Å². The molecule has 2 N–H and O–H groups in total. The van der Waals surface area contributed by atoms with Crippen molar-refractivity contribution in [3.8, 4) is 0 Å². The fraction of sp³-hybridized carbons (Fsp3) is 0.600. The lowest BCUT2D eigenvalue weighted by molar-refractivity contribution is -0.0104. The van der Waals surface area contributed by atoms with Gasteiger partial charge in [0.2, 0.25) is 0 Å². The molecule has 112 valence electrons. The smallest absolute Gasteiger partial charge is 0.129 e.